The molecule has 0 atom stereocenters. The van der Waals surface area contributed by atoms with E-state index >= 15 is 0 Å². The minimum absolute atomic E-state index is 0.0835. The van der Waals surface area contributed by atoms with Gasteiger partial charge in [-0.2, -0.15) is 0 Å². The summed E-state index contributed by atoms with van der Waals surface area (Å²) in [6.45, 7) is 8.37. The highest BCUT2D eigenvalue weighted by molar-refractivity contribution is 5.98. The number of hydrogen-bond acceptors (Lipinski definition) is 4. The van der Waals surface area contributed by atoms with Crippen LogP contribution < -0.4 is 21.1 Å². The molecular weight excluding hydrogens is 449 g/mol. The summed E-state index contributed by atoms with van der Waals surface area (Å²) in [5.41, 5.74) is 7.16. The fraction of sp³-hybridized carbons (Fsp3) is 0.444. The molecule has 0 unspecified atom stereocenters. The molecule has 2 aromatic carbocycles. The first-order chi connectivity index (χ1) is 16.4. The van der Waals surface area contributed by atoms with Crippen molar-refractivity contribution in [2.75, 3.05) is 13.2 Å². The Hall–Kier alpha value is -3.42. The Morgan fingerprint density at radius 1 is 1.06 bits per heavy atom. The van der Waals surface area contributed by atoms with Gasteiger partial charge in [0.15, 0.2) is 0 Å². The summed E-state index contributed by atoms with van der Waals surface area (Å²) in [4.78, 5) is 36.4. The monoisotopic (exact) mass is 483 g/mol. The van der Waals surface area contributed by atoms with E-state index in [4.69, 9.17) is 10.5 Å². The quantitative estimate of drug-likeness (QED) is 0.442. The molecule has 0 aromatic heterocycles. The smallest absolute Gasteiger partial charge is 0.251 e. The zero-order valence-corrected chi connectivity index (χ0v) is 20.8. The lowest BCUT2D eigenvalue weighted by Gasteiger charge is -2.19. The number of carbonyl (C=O) groups is 3. The van der Waals surface area contributed by atoms with Crippen LogP contribution >= 0.6 is 0 Å². The molecule has 1 saturated carbocycles. The summed E-state index contributed by atoms with van der Waals surface area (Å²) in [5.74, 6) is -1.16. The lowest BCUT2D eigenvalue weighted by molar-refractivity contribution is -0.118. The summed E-state index contributed by atoms with van der Waals surface area (Å²) < 4.78 is 20.8. The van der Waals surface area contributed by atoms with Crippen LogP contribution in [0.5, 0.6) is 5.75 Å². The average molecular weight is 484 g/mol. The van der Waals surface area contributed by atoms with E-state index in [0.717, 1.165) is 12.8 Å². The van der Waals surface area contributed by atoms with Crippen LogP contribution in [0.15, 0.2) is 30.3 Å². The zero-order chi connectivity index (χ0) is 25.8. The Bertz CT molecular complexity index is 1120. The minimum Gasteiger partial charge on any atom is -0.493 e. The van der Waals surface area contributed by atoms with E-state index in [1.165, 1.54) is 6.07 Å². The molecule has 188 valence electrons. The maximum Gasteiger partial charge on any atom is 0.251 e. The Morgan fingerprint density at radius 3 is 2.40 bits per heavy atom. The Morgan fingerprint density at radius 2 is 1.77 bits per heavy atom. The molecule has 3 rings (SSSR count). The number of nitrogens with two attached hydrogens (primary N) is 1. The molecule has 0 bridgehead atoms. The second-order valence-electron chi connectivity index (χ2n) is 10.3. The third-order valence-corrected chi connectivity index (χ3v) is 5.66. The molecular formula is C27H34FN3O4. The van der Waals surface area contributed by atoms with Gasteiger partial charge >= 0.3 is 0 Å². The fourth-order valence-electron chi connectivity index (χ4n) is 3.47. The van der Waals surface area contributed by atoms with Gasteiger partial charge < -0.3 is 21.1 Å². The number of hydrogen-bond donors (Lipinski definition) is 3. The lowest BCUT2D eigenvalue weighted by atomic mass is 9.95. The number of amides is 3. The van der Waals surface area contributed by atoms with E-state index in [0.29, 0.717) is 41.0 Å². The summed E-state index contributed by atoms with van der Waals surface area (Å²) in [6, 6.07) is 7.97. The van der Waals surface area contributed by atoms with E-state index in [1.54, 1.807) is 31.2 Å². The fourth-order valence-corrected chi connectivity index (χ4v) is 3.47. The van der Waals surface area contributed by atoms with Gasteiger partial charge in [0.25, 0.3) is 11.8 Å². The van der Waals surface area contributed by atoms with Crippen LogP contribution in [0.1, 0.15) is 72.7 Å². The first-order valence-electron chi connectivity index (χ1n) is 11.9. The number of primary amides is 1. The molecule has 35 heavy (non-hydrogen) atoms. The third-order valence-electron chi connectivity index (χ3n) is 5.66. The highest BCUT2D eigenvalue weighted by Crippen LogP contribution is 2.35. The van der Waals surface area contributed by atoms with Crippen molar-refractivity contribution in [3.05, 3.63) is 52.8 Å². The van der Waals surface area contributed by atoms with Gasteiger partial charge in [0.1, 0.15) is 11.6 Å². The van der Waals surface area contributed by atoms with Crippen LogP contribution in [0, 0.1) is 18.2 Å². The predicted molar refractivity (Wildman–Crippen MR) is 133 cm³/mol. The maximum absolute atomic E-state index is 14.8. The minimum atomic E-state index is -0.505. The van der Waals surface area contributed by atoms with Gasteiger partial charge in [-0.1, -0.05) is 20.8 Å². The van der Waals surface area contributed by atoms with Crippen molar-refractivity contribution in [3.63, 3.8) is 0 Å². The van der Waals surface area contributed by atoms with E-state index < -0.39 is 11.7 Å². The number of halogens is 1. The molecule has 8 heteroatoms. The molecule has 0 aliphatic heterocycles. The number of benzene rings is 2. The summed E-state index contributed by atoms with van der Waals surface area (Å²) in [5, 5.41) is 5.79. The van der Waals surface area contributed by atoms with Gasteiger partial charge in [0, 0.05) is 35.7 Å². The SMILES string of the molecule is Cc1c(F)cc(C(=O)NC2CC2)cc1-c1ccc(C(=O)NCC(C)(C)C)cc1OCCCC(N)=O. The molecule has 7 nitrogen and oxygen atoms in total. The third kappa shape index (κ3) is 7.53. The molecule has 2 aromatic rings. The Balaban J connectivity index is 1.95. The number of carbonyl (C=O) groups excluding carboxylic acids is 3. The summed E-state index contributed by atoms with van der Waals surface area (Å²) >= 11 is 0. The molecule has 0 spiro atoms. The van der Waals surface area contributed by atoms with Crippen molar-refractivity contribution in [2.24, 2.45) is 11.1 Å². The van der Waals surface area contributed by atoms with Gasteiger partial charge in [-0.15, -0.1) is 0 Å². The Labute approximate surface area is 205 Å². The van der Waals surface area contributed by atoms with Crippen LogP contribution in [0.25, 0.3) is 11.1 Å². The first-order valence-corrected chi connectivity index (χ1v) is 11.9. The average Bonchev–Trinajstić information content (AvgIpc) is 3.60. The van der Waals surface area contributed by atoms with Crippen molar-refractivity contribution in [1.82, 2.24) is 10.6 Å². The van der Waals surface area contributed by atoms with Crippen molar-refractivity contribution >= 4 is 17.7 Å². The van der Waals surface area contributed by atoms with Crippen molar-refractivity contribution in [3.8, 4) is 16.9 Å². The molecule has 0 heterocycles. The molecule has 0 saturated heterocycles. The van der Waals surface area contributed by atoms with Gasteiger partial charge in [-0.3, -0.25) is 14.4 Å². The van der Waals surface area contributed by atoms with Crippen LogP contribution in [-0.2, 0) is 4.79 Å². The number of rotatable bonds is 10. The first kappa shape index (κ1) is 26.2. The number of ether oxygens (including phenoxy) is 1. The van der Waals surface area contributed by atoms with Gasteiger partial charge in [-0.05, 0) is 73.1 Å². The van der Waals surface area contributed by atoms with Gasteiger partial charge in [0.05, 0.1) is 6.61 Å². The van der Waals surface area contributed by atoms with Crippen LogP contribution in [-0.4, -0.2) is 36.9 Å². The number of nitrogens with one attached hydrogen (secondary N) is 2. The van der Waals surface area contributed by atoms with E-state index in [9.17, 15) is 18.8 Å². The van der Waals surface area contributed by atoms with Crippen molar-refractivity contribution in [1.29, 1.82) is 0 Å². The van der Waals surface area contributed by atoms with Crippen molar-refractivity contribution in [2.45, 2.75) is 59.4 Å². The topological polar surface area (TPSA) is 111 Å². The Kier molecular flexibility index (Phi) is 8.14. The van der Waals surface area contributed by atoms with Crippen molar-refractivity contribution < 1.29 is 23.5 Å². The van der Waals surface area contributed by atoms with E-state index in [2.05, 4.69) is 10.6 Å². The zero-order valence-electron chi connectivity index (χ0n) is 20.8. The molecule has 0 radical (unpaired) electrons. The van der Waals surface area contributed by atoms with E-state index in [1.807, 2.05) is 20.8 Å². The highest BCUT2D eigenvalue weighted by atomic mass is 19.1. The molecule has 4 N–H and O–H groups in total. The lowest BCUT2D eigenvalue weighted by Crippen LogP contribution is -2.32. The van der Waals surface area contributed by atoms with E-state index in [-0.39, 0.29) is 41.9 Å². The predicted octanol–water partition coefficient (Wildman–Crippen LogP) is 4.11. The van der Waals surface area contributed by atoms with Gasteiger partial charge in [-0.25, -0.2) is 4.39 Å². The van der Waals surface area contributed by atoms with Crippen LogP contribution in [0.4, 0.5) is 4.39 Å². The maximum atomic E-state index is 14.8. The highest BCUT2D eigenvalue weighted by Gasteiger charge is 2.25. The summed E-state index contributed by atoms with van der Waals surface area (Å²) in [7, 11) is 0. The molecule has 1 aliphatic rings. The van der Waals surface area contributed by atoms with Crippen LogP contribution in [0.2, 0.25) is 0 Å². The molecule has 1 aliphatic carbocycles. The van der Waals surface area contributed by atoms with Crippen LogP contribution in [0.3, 0.4) is 0 Å². The second-order valence-corrected chi connectivity index (χ2v) is 10.3. The second kappa shape index (κ2) is 10.9. The summed E-state index contributed by atoms with van der Waals surface area (Å²) in [6.07, 6.45) is 2.40. The standard InChI is InChI=1S/C27H34FN3O4/c1-16-21(12-18(13-22(16)28)26(34)31-19-8-9-19)20-10-7-17(25(33)30-15-27(2,3)4)14-23(20)35-11-5-6-24(29)32/h7,10,12-14,19H,5-6,8-9,11,15H2,1-4H3,(H2,29,32)(H,30,33)(H,31,34). The van der Waals surface area contributed by atoms with Gasteiger partial charge in [0.2, 0.25) is 5.91 Å². The largest absolute Gasteiger partial charge is 0.493 e. The molecule has 3 amide bonds. The normalized spacial score (nSPS) is 13.3. The molecule has 1 fully saturated rings.